The number of carbonyl (C=O) groups is 3. The lowest BCUT2D eigenvalue weighted by Crippen LogP contribution is -2.53. The van der Waals surface area contributed by atoms with Gasteiger partial charge < -0.3 is 21.7 Å². The van der Waals surface area contributed by atoms with E-state index in [1.807, 2.05) is 34.6 Å². The smallest absolute Gasteiger partial charge is 0.312 e. The minimum atomic E-state index is -0.587. The predicted octanol–water partition coefficient (Wildman–Crippen LogP) is 1.31. The van der Waals surface area contributed by atoms with Gasteiger partial charge in [0.2, 0.25) is 5.91 Å². The molecule has 7 nitrogen and oxygen atoms in total. The molecule has 2 unspecified atom stereocenters. The fourth-order valence-corrected chi connectivity index (χ4v) is 2.44. The van der Waals surface area contributed by atoms with Crippen LogP contribution in [-0.2, 0) is 9.59 Å². The first kappa shape index (κ1) is 22.4. The molecular weight excluding hydrogens is 308 g/mol. The Balaban J connectivity index is 4.78. The predicted molar refractivity (Wildman–Crippen MR) is 95.6 cm³/mol. The number of hydrogen-bond acceptors (Lipinski definition) is 4. The Labute approximate surface area is 145 Å². The third-order valence-corrected chi connectivity index (χ3v) is 3.63. The van der Waals surface area contributed by atoms with Gasteiger partial charge in [0.05, 0.1) is 12.1 Å². The quantitative estimate of drug-likeness (QED) is 0.400. The number of amides is 3. The van der Waals surface area contributed by atoms with E-state index in [1.54, 1.807) is 0 Å². The van der Waals surface area contributed by atoms with Gasteiger partial charge in [-0.25, -0.2) is 4.79 Å². The molecule has 0 aromatic heterocycles. The summed E-state index contributed by atoms with van der Waals surface area (Å²) in [4.78, 5) is 35.5. The first-order valence-electron chi connectivity index (χ1n) is 8.81. The molecule has 0 aliphatic carbocycles. The summed E-state index contributed by atoms with van der Waals surface area (Å²) < 4.78 is 0. The van der Waals surface area contributed by atoms with Crippen LogP contribution in [0.15, 0.2) is 0 Å². The van der Waals surface area contributed by atoms with Crippen molar-refractivity contribution < 1.29 is 14.4 Å². The van der Waals surface area contributed by atoms with E-state index in [4.69, 9.17) is 5.73 Å². The van der Waals surface area contributed by atoms with Gasteiger partial charge in [0, 0.05) is 19.0 Å². The first-order valence-corrected chi connectivity index (χ1v) is 8.81. The van der Waals surface area contributed by atoms with Crippen molar-refractivity contribution in [2.45, 2.75) is 78.4 Å². The standard InChI is InChI=1S/C17H34N4O3/c1-6-8-14(22)13(9-7-10-19-17(18)24)21-16(23)15(11(2)3)20-12(4)5/h11-13,15,20H,6-10H2,1-5H3,(H,21,23)(H3,18,19,24). The molecule has 140 valence electrons. The van der Waals surface area contributed by atoms with E-state index >= 15 is 0 Å². The highest BCUT2D eigenvalue weighted by molar-refractivity contribution is 5.91. The maximum atomic E-state index is 12.6. The topological polar surface area (TPSA) is 113 Å². The molecule has 0 aliphatic heterocycles. The van der Waals surface area contributed by atoms with E-state index in [0.29, 0.717) is 25.8 Å². The van der Waals surface area contributed by atoms with Gasteiger partial charge in [-0.2, -0.15) is 0 Å². The van der Waals surface area contributed by atoms with E-state index < -0.39 is 12.1 Å². The van der Waals surface area contributed by atoms with Crippen LogP contribution in [0.3, 0.4) is 0 Å². The Bertz CT molecular complexity index is 411. The SMILES string of the molecule is CCCC(=O)C(CCCNC(N)=O)NC(=O)C(NC(C)C)C(C)C. The average molecular weight is 342 g/mol. The normalized spacial score (nSPS) is 13.6. The second-order valence-electron chi connectivity index (χ2n) is 6.75. The molecule has 0 saturated heterocycles. The Morgan fingerprint density at radius 1 is 1.08 bits per heavy atom. The van der Waals surface area contributed by atoms with Gasteiger partial charge in [0.1, 0.15) is 0 Å². The summed E-state index contributed by atoms with van der Waals surface area (Å²) in [6.07, 6.45) is 2.23. The number of ketones is 1. The largest absolute Gasteiger partial charge is 0.352 e. The number of nitrogens with two attached hydrogens (primary N) is 1. The zero-order valence-corrected chi connectivity index (χ0v) is 15.6. The Hall–Kier alpha value is -1.63. The van der Waals surface area contributed by atoms with Crippen LogP contribution in [0.4, 0.5) is 4.79 Å². The molecule has 24 heavy (non-hydrogen) atoms. The van der Waals surface area contributed by atoms with Crippen LogP contribution in [0, 0.1) is 5.92 Å². The molecule has 0 spiro atoms. The van der Waals surface area contributed by atoms with Crippen LogP contribution in [0.1, 0.15) is 60.3 Å². The van der Waals surface area contributed by atoms with Gasteiger partial charge in [-0.1, -0.05) is 34.6 Å². The molecule has 0 fully saturated rings. The molecule has 0 heterocycles. The minimum absolute atomic E-state index is 0.0250. The first-order chi connectivity index (χ1) is 11.2. The number of carbonyl (C=O) groups excluding carboxylic acids is 3. The highest BCUT2D eigenvalue weighted by atomic mass is 16.2. The number of hydrogen-bond donors (Lipinski definition) is 4. The summed E-state index contributed by atoms with van der Waals surface area (Å²) in [5, 5.41) is 8.62. The number of rotatable bonds is 12. The van der Waals surface area contributed by atoms with Crippen LogP contribution in [0.5, 0.6) is 0 Å². The molecule has 0 aromatic rings. The Morgan fingerprint density at radius 2 is 1.71 bits per heavy atom. The maximum absolute atomic E-state index is 12.6. The summed E-state index contributed by atoms with van der Waals surface area (Å²) in [5.41, 5.74) is 5.02. The summed E-state index contributed by atoms with van der Waals surface area (Å²) in [6, 6.07) is -1.28. The molecule has 5 N–H and O–H groups in total. The van der Waals surface area contributed by atoms with Crippen molar-refractivity contribution in [3.63, 3.8) is 0 Å². The summed E-state index contributed by atoms with van der Waals surface area (Å²) in [7, 11) is 0. The zero-order chi connectivity index (χ0) is 18.7. The lowest BCUT2D eigenvalue weighted by molar-refractivity contribution is -0.130. The molecule has 0 aliphatic rings. The van der Waals surface area contributed by atoms with Crippen molar-refractivity contribution in [3.05, 3.63) is 0 Å². The van der Waals surface area contributed by atoms with Crippen LogP contribution in [0.2, 0.25) is 0 Å². The van der Waals surface area contributed by atoms with E-state index in [2.05, 4.69) is 16.0 Å². The molecule has 0 bridgehead atoms. The molecule has 2 atom stereocenters. The second-order valence-corrected chi connectivity index (χ2v) is 6.75. The number of primary amides is 1. The molecule has 0 rings (SSSR count). The highest BCUT2D eigenvalue weighted by Gasteiger charge is 2.27. The molecule has 7 heteroatoms. The van der Waals surface area contributed by atoms with Crippen LogP contribution in [-0.4, -0.2) is 42.4 Å². The fourth-order valence-electron chi connectivity index (χ4n) is 2.44. The Morgan fingerprint density at radius 3 is 2.17 bits per heavy atom. The maximum Gasteiger partial charge on any atom is 0.312 e. The van der Waals surface area contributed by atoms with Crippen molar-refractivity contribution in [2.24, 2.45) is 11.7 Å². The lowest BCUT2D eigenvalue weighted by atomic mass is 9.99. The molecule has 0 aromatic carbocycles. The van der Waals surface area contributed by atoms with Gasteiger partial charge in [-0.05, 0) is 25.2 Å². The highest BCUT2D eigenvalue weighted by Crippen LogP contribution is 2.08. The van der Waals surface area contributed by atoms with E-state index in [0.717, 1.165) is 6.42 Å². The van der Waals surface area contributed by atoms with Crippen molar-refractivity contribution in [2.75, 3.05) is 6.54 Å². The monoisotopic (exact) mass is 342 g/mol. The third-order valence-electron chi connectivity index (χ3n) is 3.63. The van der Waals surface area contributed by atoms with Crippen molar-refractivity contribution in [3.8, 4) is 0 Å². The average Bonchev–Trinajstić information content (AvgIpc) is 2.47. The van der Waals surface area contributed by atoms with Crippen molar-refractivity contribution in [1.29, 1.82) is 0 Å². The summed E-state index contributed by atoms with van der Waals surface area (Å²) in [6.45, 7) is 10.2. The fraction of sp³-hybridized carbons (Fsp3) is 0.824. The molecule has 0 saturated carbocycles. The summed E-state index contributed by atoms with van der Waals surface area (Å²) >= 11 is 0. The van der Waals surface area contributed by atoms with Crippen molar-refractivity contribution >= 4 is 17.7 Å². The molecule has 0 radical (unpaired) electrons. The van der Waals surface area contributed by atoms with Gasteiger partial charge in [0.15, 0.2) is 5.78 Å². The van der Waals surface area contributed by atoms with E-state index in [9.17, 15) is 14.4 Å². The third kappa shape index (κ3) is 9.50. The van der Waals surface area contributed by atoms with Gasteiger partial charge in [-0.15, -0.1) is 0 Å². The number of urea groups is 1. The van der Waals surface area contributed by atoms with Crippen molar-refractivity contribution in [1.82, 2.24) is 16.0 Å². The number of nitrogens with one attached hydrogen (secondary N) is 3. The lowest BCUT2D eigenvalue weighted by Gasteiger charge is -2.26. The second kappa shape index (κ2) is 11.8. The van der Waals surface area contributed by atoms with Crippen LogP contribution in [0.25, 0.3) is 0 Å². The number of Topliss-reactive ketones (excluding diaryl/α,β-unsaturated/α-hetero) is 1. The summed E-state index contributed by atoms with van der Waals surface area (Å²) in [5.74, 6) is -0.0150. The molecule has 3 amide bonds. The molecular formula is C17H34N4O3. The van der Waals surface area contributed by atoms with Crippen LogP contribution < -0.4 is 21.7 Å². The van der Waals surface area contributed by atoms with Gasteiger partial charge in [-0.3, -0.25) is 9.59 Å². The minimum Gasteiger partial charge on any atom is -0.352 e. The van der Waals surface area contributed by atoms with Crippen LogP contribution >= 0.6 is 0 Å². The van der Waals surface area contributed by atoms with E-state index in [-0.39, 0.29) is 29.7 Å². The zero-order valence-electron chi connectivity index (χ0n) is 15.6. The van der Waals surface area contributed by atoms with Gasteiger partial charge >= 0.3 is 6.03 Å². The van der Waals surface area contributed by atoms with Gasteiger partial charge in [0.25, 0.3) is 0 Å². The van der Waals surface area contributed by atoms with E-state index in [1.165, 1.54) is 0 Å². The Kier molecular flexibility index (Phi) is 11.0.